The van der Waals surface area contributed by atoms with E-state index in [2.05, 4.69) is 17.8 Å². The number of carbonyl (C=O) groups is 2. The van der Waals surface area contributed by atoms with E-state index in [1.54, 1.807) is 43.3 Å². The summed E-state index contributed by atoms with van der Waals surface area (Å²) in [5, 5.41) is 0.753. The Kier molecular flexibility index (Phi) is 9.77. The molecule has 2 aromatic carbocycles. The molecule has 0 bridgehead atoms. The van der Waals surface area contributed by atoms with Crippen LogP contribution in [0.15, 0.2) is 42.5 Å². The fraction of sp³-hybridized carbons (Fsp3) is 0.364. The van der Waals surface area contributed by atoms with Gasteiger partial charge in [0.2, 0.25) is 0 Å². The number of hydrogen-bond acceptors (Lipinski definition) is 4. The normalized spacial score (nSPS) is 11.5. The highest BCUT2D eigenvalue weighted by Gasteiger charge is 2.17. The minimum Gasteiger partial charge on any atom is -0.494 e. The number of benzene rings is 2. The molecule has 0 aliphatic rings. The first-order valence-corrected chi connectivity index (χ1v) is 10.6. The van der Waals surface area contributed by atoms with E-state index < -0.39 is 17.9 Å². The molecule has 2 N–H and O–H groups in total. The molecule has 2 amide bonds. The van der Waals surface area contributed by atoms with Crippen molar-refractivity contribution >= 4 is 35.0 Å². The van der Waals surface area contributed by atoms with Gasteiger partial charge in [-0.05, 0) is 55.8 Å². The predicted octanol–water partition coefficient (Wildman–Crippen LogP) is 5.18. The zero-order valence-corrected chi connectivity index (χ0v) is 18.6. The Morgan fingerprint density at radius 3 is 2.40 bits per heavy atom. The highest BCUT2D eigenvalue weighted by molar-refractivity contribution is 6.35. The second-order valence-corrected chi connectivity index (χ2v) is 7.56. The smallest absolute Gasteiger partial charge is 0.279 e. The molecule has 8 heteroatoms. The Hall–Kier alpha value is -2.44. The lowest BCUT2D eigenvalue weighted by atomic mass is 10.2. The summed E-state index contributed by atoms with van der Waals surface area (Å²) in [4.78, 5) is 24.4. The molecule has 0 radical (unpaired) electrons. The van der Waals surface area contributed by atoms with E-state index in [0.717, 1.165) is 12.8 Å². The number of nitrogens with one attached hydrogen (secondary N) is 2. The van der Waals surface area contributed by atoms with Crippen molar-refractivity contribution in [3.8, 4) is 11.5 Å². The zero-order valence-electron chi connectivity index (χ0n) is 17.0. The highest BCUT2D eigenvalue weighted by Crippen LogP contribution is 2.28. The fourth-order valence-electron chi connectivity index (χ4n) is 2.53. The first kappa shape index (κ1) is 23.8. The second-order valence-electron chi connectivity index (χ2n) is 6.71. The van der Waals surface area contributed by atoms with Gasteiger partial charge in [0.1, 0.15) is 11.5 Å². The topological polar surface area (TPSA) is 76.7 Å². The molecule has 1 unspecified atom stereocenters. The summed E-state index contributed by atoms with van der Waals surface area (Å²) in [6.07, 6.45) is 3.64. The van der Waals surface area contributed by atoms with Crippen LogP contribution in [0.25, 0.3) is 0 Å². The first-order valence-electron chi connectivity index (χ1n) is 9.85. The van der Waals surface area contributed by atoms with Gasteiger partial charge in [-0.15, -0.1) is 0 Å². The maximum absolute atomic E-state index is 12.2. The van der Waals surface area contributed by atoms with Crippen molar-refractivity contribution in [1.29, 1.82) is 0 Å². The molecule has 0 aromatic heterocycles. The fourth-order valence-corrected chi connectivity index (χ4v) is 2.98. The Morgan fingerprint density at radius 2 is 1.73 bits per heavy atom. The third kappa shape index (κ3) is 7.76. The van der Waals surface area contributed by atoms with Crippen LogP contribution in [0, 0.1) is 0 Å². The van der Waals surface area contributed by atoms with Crippen LogP contribution in [0.2, 0.25) is 10.0 Å². The molecule has 30 heavy (non-hydrogen) atoms. The van der Waals surface area contributed by atoms with Gasteiger partial charge in [-0.3, -0.25) is 20.4 Å². The van der Waals surface area contributed by atoms with Gasteiger partial charge in [0.25, 0.3) is 11.8 Å². The molecule has 2 aromatic rings. The SMILES string of the molecule is CCCCCCOc1ccc(C(=O)NNC(=O)C(C)Oc2ccc(Cl)cc2Cl)cc1. The summed E-state index contributed by atoms with van der Waals surface area (Å²) in [5.41, 5.74) is 5.09. The number of amides is 2. The molecule has 6 nitrogen and oxygen atoms in total. The lowest BCUT2D eigenvalue weighted by molar-refractivity contribution is -0.128. The number of unbranched alkanes of at least 4 members (excludes halogenated alkanes) is 3. The third-order valence-corrected chi connectivity index (χ3v) is 4.78. The summed E-state index contributed by atoms with van der Waals surface area (Å²) in [6, 6.07) is 11.4. The number of halogens is 2. The maximum Gasteiger partial charge on any atom is 0.279 e. The van der Waals surface area contributed by atoms with Crippen molar-refractivity contribution < 1.29 is 19.1 Å². The van der Waals surface area contributed by atoms with Gasteiger partial charge in [0, 0.05) is 10.6 Å². The minimum absolute atomic E-state index is 0.291. The predicted molar refractivity (Wildman–Crippen MR) is 118 cm³/mol. The van der Waals surface area contributed by atoms with Gasteiger partial charge < -0.3 is 9.47 Å². The summed E-state index contributed by atoms with van der Waals surface area (Å²) < 4.78 is 11.2. The molecule has 0 aliphatic heterocycles. The molecule has 2 rings (SSSR count). The van der Waals surface area contributed by atoms with Crippen LogP contribution in [-0.4, -0.2) is 24.5 Å². The third-order valence-electron chi connectivity index (χ3n) is 4.25. The van der Waals surface area contributed by atoms with Crippen LogP contribution >= 0.6 is 23.2 Å². The highest BCUT2D eigenvalue weighted by atomic mass is 35.5. The first-order chi connectivity index (χ1) is 14.4. The monoisotopic (exact) mass is 452 g/mol. The average Bonchev–Trinajstić information content (AvgIpc) is 2.74. The number of hydrazine groups is 1. The molecule has 1 atom stereocenters. The lowest BCUT2D eigenvalue weighted by Crippen LogP contribution is -2.47. The lowest BCUT2D eigenvalue weighted by Gasteiger charge is -2.16. The van der Waals surface area contributed by atoms with Crippen molar-refractivity contribution in [2.75, 3.05) is 6.61 Å². The van der Waals surface area contributed by atoms with Crippen molar-refractivity contribution in [1.82, 2.24) is 10.9 Å². The van der Waals surface area contributed by atoms with Crippen LogP contribution in [0.5, 0.6) is 11.5 Å². The van der Waals surface area contributed by atoms with Crippen LogP contribution in [0.1, 0.15) is 49.9 Å². The summed E-state index contributed by atoms with van der Waals surface area (Å²) >= 11 is 11.9. The Bertz CT molecular complexity index is 844. The number of rotatable bonds is 10. The Balaban J connectivity index is 1.77. The van der Waals surface area contributed by atoms with E-state index in [1.807, 2.05) is 0 Å². The largest absolute Gasteiger partial charge is 0.494 e. The van der Waals surface area contributed by atoms with E-state index in [-0.39, 0.29) is 0 Å². The maximum atomic E-state index is 12.2. The van der Waals surface area contributed by atoms with Gasteiger partial charge in [0.05, 0.1) is 11.6 Å². The van der Waals surface area contributed by atoms with Crippen LogP contribution in [0.3, 0.4) is 0 Å². The molecule has 0 spiro atoms. The van der Waals surface area contributed by atoms with Crippen molar-refractivity contribution in [2.24, 2.45) is 0 Å². The molecule has 0 aliphatic carbocycles. The van der Waals surface area contributed by atoms with E-state index in [0.29, 0.717) is 33.7 Å². The quantitative estimate of drug-likeness (QED) is 0.384. The Morgan fingerprint density at radius 1 is 1.00 bits per heavy atom. The van der Waals surface area contributed by atoms with Crippen LogP contribution < -0.4 is 20.3 Å². The zero-order chi connectivity index (χ0) is 21.9. The summed E-state index contributed by atoms with van der Waals surface area (Å²) in [6.45, 7) is 4.35. The van der Waals surface area contributed by atoms with Crippen LogP contribution in [-0.2, 0) is 4.79 Å². The second kappa shape index (κ2) is 12.3. The average molecular weight is 453 g/mol. The van der Waals surface area contributed by atoms with E-state index >= 15 is 0 Å². The molecular formula is C22H26Cl2N2O4. The van der Waals surface area contributed by atoms with Gasteiger partial charge in [-0.1, -0.05) is 49.4 Å². The summed E-state index contributed by atoms with van der Waals surface area (Å²) in [5.74, 6) is 0.0465. The van der Waals surface area contributed by atoms with Crippen molar-refractivity contribution in [2.45, 2.75) is 45.6 Å². The molecule has 0 saturated heterocycles. The summed E-state index contributed by atoms with van der Waals surface area (Å²) in [7, 11) is 0. The van der Waals surface area contributed by atoms with E-state index in [1.165, 1.54) is 18.9 Å². The molecule has 162 valence electrons. The van der Waals surface area contributed by atoms with Gasteiger partial charge in [-0.2, -0.15) is 0 Å². The molecule has 0 saturated carbocycles. The number of ether oxygens (including phenoxy) is 2. The molecule has 0 fully saturated rings. The number of hydrogen-bond donors (Lipinski definition) is 2. The van der Waals surface area contributed by atoms with Gasteiger partial charge in [-0.25, -0.2) is 0 Å². The Labute approximate surface area is 186 Å². The molecule has 0 heterocycles. The van der Waals surface area contributed by atoms with Crippen molar-refractivity contribution in [3.63, 3.8) is 0 Å². The van der Waals surface area contributed by atoms with Crippen molar-refractivity contribution in [3.05, 3.63) is 58.1 Å². The molecular weight excluding hydrogens is 427 g/mol. The van der Waals surface area contributed by atoms with Gasteiger partial charge >= 0.3 is 0 Å². The van der Waals surface area contributed by atoms with Crippen LogP contribution in [0.4, 0.5) is 0 Å². The van der Waals surface area contributed by atoms with E-state index in [9.17, 15) is 9.59 Å². The minimum atomic E-state index is -0.882. The van der Waals surface area contributed by atoms with E-state index in [4.69, 9.17) is 32.7 Å². The standard InChI is InChI=1S/C22H26Cl2N2O4/c1-3-4-5-6-13-29-18-10-7-16(8-11-18)22(28)26-25-21(27)15(2)30-20-12-9-17(23)14-19(20)24/h7-12,14-15H,3-6,13H2,1-2H3,(H,25,27)(H,26,28). The van der Waals surface area contributed by atoms with Gasteiger partial charge in [0.15, 0.2) is 6.10 Å². The number of carbonyl (C=O) groups excluding carboxylic acids is 2.